The lowest BCUT2D eigenvalue weighted by atomic mass is 10.2. The SMILES string of the molecule is CN1CCN(C(=O)CN(Cc2c(Cl)cccc2Cl)S(=O)(=O)c2ccc(Cl)cc2)CC1. The molecule has 1 amide bonds. The van der Waals surface area contributed by atoms with Gasteiger partial charge in [-0.1, -0.05) is 40.9 Å². The van der Waals surface area contributed by atoms with Gasteiger partial charge in [0.25, 0.3) is 0 Å². The zero-order valence-electron chi connectivity index (χ0n) is 16.4. The summed E-state index contributed by atoms with van der Waals surface area (Å²) in [6.07, 6.45) is 0. The van der Waals surface area contributed by atoms with Gasteiger partial charge < -0.3 is 9.80 Å². The number of halogens is 3. The van der Waals surface area contributed by atoms with Crippen molar-refractivity contribution in [3.8, 4) is 0 Å². The van der Waals surface area contributed by atoms with Crippen LogP contribution < -0.4 is 0 Å². The highest BCUT2D eigenvalue weighted by atomic mass is 35.5. The third kappa shape index (κ3) is 5.46. The topological polar surface area (TPSA) is 60.9 Å². The largest absolute Gasteiger partial charge is 0.339 e. The Labute approximate surface area is 192 Å². The Balaban J connectivity index is 1.92. The van der Waals surface area contributed by atoms with E-state index in [9.17, 15) is 13.2 Å². The van der Waals surface area contributed by atoms with E-state index in [1.165, 1.54) is 24.3 Å². The lowest BCUT2D eigenvalue weighted by Gasteiger charge is -2.34. The van der Waals surface area contributed by atoms with Crippen LogP contribution in [0.4, 0.5) is 0 Å². The van der Waals surface area contributed by atoms with Crippen LogP contribution in [-0.2, 0) is 21.4 Å². The zero-order valence-corrected chi connectivity index (χ0v) is 19.5. The number of hydrogen-bond donors (Lipinski definition) is 0. The predicted octanol–water partition coefficient (Wildman–Crippen LogP) is 3.61. The van der Waals surface area contributed by atoms with Crippen molar-refractivity contribution in [1.82, 2.24) is 14.1 Å². The highest BCUT2D eigenvalue weighted by molar-refractivity contribution is 7.89. The first kappa shape index (κ1) is 23.3. The molecule has 0 bridgehead atoms. The Morgan fingerprint density at radius 1 is 0.967 bits per heavy atom. The molecule has 0 aromatic heterocycles. The van der Waals surface area contributed by atoms with E-state index in [0.29, 0.717) is 33.7 Å². The second-order valence-corrected chi connectivity index (χ2v) is 10.3. The van der Waals surface area contributed by atoms with Crippen LogP contribution in [0.15, 0.2) is 47.4 Å². The maximum atomic E-state index is 13.4. The average Bonchev–Trinajstić information content (AvgIpc) is 2.70. The Hall–Kier alpha value is -1.35. The summed E-state index contributed by atoms with van der Waals surface area (Å²) >= 11 is 18.4. The molecule has 1 aliphatic heterocycles. The first-order valence-electron chi connectivity index (χ1n) is 9.33. The van der Waals surface area contributed by atoms with Crippen molar-refractivity contribution in [2.24, 2.45) is 0 Å². The average molecular weight is 491 g/mol. The van der Waals surface area contributed by atoms with Crippen LogP contribution in [0.25, 0.3) is 0 Å². The number of hydrogen-bond acceptors (Lipinski definition) is 4. The summed E-state index contributed by atoms with van der Waals surface area (Å²) in [6, 6.07) is 10.8. The molecule has 10 heteroatoms. The third-order valence-corrected chi connectivity index (χ3v) is 7.78. The van der Waals surface area contributed by atoms with Crippen LogP contribution in [0, 0.1) is 0 Å². The van der Waals surface area contributed by atoms with Crippen LogP contribution in [0.2, 0.25) is 15.1 Å². The Morgan fingerprint density at radius 2 is 1.53 bits per heavy atom. The third-order valence-electron chi connectivity index (χ3n) is 5.02. The van der Waals surface area contributed by atoms with Crippen molar-refractivity contribution in [2.75, 3.05) is 39.8 Å². The molecule has 0 saturated carbocycles. The number of carbonyl (C=O) groups is 1. The van der Waals surface area contributed by atoms with Gasteiger partial charge in [0.1, 0.15) is 0 Å². The van der Waals surface area contributed by atoms with Gasteiger partial charge in [0.2, 0.25) is 15.9 Å². The van der Waals surface area contributed by atoms with E-state index in [-0.39, 0.29) is 23.9 Å². The molecule has 6 nitrogen and oxygen atoms in total. The molecule has 1 aliphatic rings. The van der Waals surface area contributed by atoms with Crippen molar-refractivity contribution in [3.63, 3.8) is 0 Å². The van der Waals surface area contributed by atoms with Gasteiger partial charge in [0.05, 0.1) is 11.4 Å². The molecule has 0 radical (unpaired) electrons. The monoisotopic (exact) mass is 489 g/mol. The molecule has 2 aromatic rings. The summed E-state index contributed by atoms with van der Waals surface area (Å²) in [4.78, 5) is 16.8. The van der Waals surface area contributed by atoms with E-state index in [2.05, 4.69) is 4.90 Å². The van der Waals surface area contributed by atoms with Gasteiger partial charge in [0.15, 0.2) is 0 Å². The van der Waals surface area contributed by atoms with Gasteiger partial charge in [-0.25, -0.2) is 8.42 Å². The van der Waals surface area contributed by atoms with Crippen LogP contribution in [0.3, 0.4) is 0 Å². The minimum Gasteiger partial charge on any atom is -0.339 e. The number of benzene rings is 2. The van der Waals surface area contributed by atoms with Crippen LogP contribution >= 0.6 is 34.8 Å². The molecule has 0 N–H and O–H groups in total. The second kappa shape index (κ2) is 9.85. The predicted molar refractivity (Wildman–Crippen MR) is 120 cm³/mol. The summed E-state index contributed by atoms with van der Waals surface area (Å²) in [7, 11) is -2.01. The molecule has 0 unspecified atom stereocenters. The molecule has 0 aliphatic carbocycles. The van der Waals surface area contributed by atoms with Gasteiger partial charge in [-0.2, -0.15) is 4.31 Å². The first-order valence-corrected chi connectivity index (χ1v) is 11.9. The fourth-order valence-corrected chi connectivity index (χ4v) is 5.15. The molecule has 0 atom stereocenters. The van der Waals surface area contributed by atoms with E-state index >= 15 is 0 Å². The first-order chi connectivity index (χ1) is 14.2. The number of piperazine rings is 1. The van der Waals surface area contributed by atoms with Crippen LogP contribution in [-0.4, -0.2) is 68.2 Å². The lowest BCUT2D eigenvalue weighted by molar-refractivity contribution is -0.133. The molecular weight excluding hydrogens is 469 g/mol. The minimum atomic E-state index is -3.99. The summed E-state index contributed by atoms with van der Waals surface area (Å²) in [5.41, 5.74) is 0.449. The fourth-order valence-electron chi connectivity index (χ4n) is 3.15. The smallest absolute Gasteiger partial charge is 0.243 e. The summed E-state index contributed by atoms with van der Waals surface area (Å²) < 4.78 is 27.8. The molecular formula is C20H22Cl3N3O3S. The van der Waals surface area contributed by atoms with Crippen molar-refractivity contribution in [1.29, 1.82) is 0 Å². The number of carbonyl (C=O) groups excluding carboxylic acids is 1. The minimum absolute atomic E-state index is 0.0428. The molecule has 2 aromatic carbocycles. The normalized spacial score (nSPS) is 15.6. The zero-order chi connectivity index (χ0) is 21.9. The summed E-state index contributed by atoms with van der Waals surface area (Å²) in [6.45, 7) is 2.16. The number of rotatable bonds is 6. The number of likely N-dealkylation sites (N-methyl/N-ethyl adjacent to an activating group) is 1. The standard InChI is InChI=1S/C20H22Cl3N3O3S/c1-24-9-11-25(12-10-24)20(27)14-26(13-17-18(22)3-2-4-19(17)23)30(28,29)16-7-5-15(21)6-8-16/h2-8H,9-14H2,1H3. The van der Waals surface area contributed by atoms with Gasteiger partial charge in [-0.3, -0.25) is 4.79 Å². The molecule has 1 saturated heterocycles. The maximum absolute atomic E-state index is 13.4. The van der Waals surface area contributed by atoms with Crippen molar-refractivity contribution >= 4 is 50.7 Å². The summed E-state index contributed by atoms with van der Waals surface area (Å²) in [5.74, 6) is -0.260. The van der Waals surface area contributed by atoms with E-state index in [1.807, 2.05) is 7.05 Å². The fraction of sp³-hybridized carbons (Fsp3) is 0.350. The lowest BCUT2D eigenvalue weighted by Crippen LogP contribution is -2.50. The molecule has 0 spiro atoms. The molecule has 162 valence electrons. The van der Waals surface area contributed by atoms with Gasteiger partial charge in [-0.05, 0) is 43.4 Å². The van der Waals surface area contributed by atoms with Crippen LogP contribution in [0.5, 0.6) is 0 Å². The second-order valence-electron chi connectivity index (χ2n) is 7.11. The van der Waals surface area contributed by atoms with E-state index in [0.717, 1.165) is 17.4 Å². The van der Waals surface area contributed by atoms with Crippen molar-refractivity contribution < 1.29 is 13.2 Å². The molecule has 1 heterocycles. The Morgan fingerprint density at radius 3 is 2.10 bits per heavy atom. The van der Waals surface area contributed by atoms with E-state index in [1.54, 1.807) is 23.1 Å². The van der Waals surface area contributed by atoms with Gasteiger partial charge in [-0.15, -0.1) is 0 Å². The maximum Gasteiger partial charge on any atom is 0.243 e. The van der Waals surface area contributed by atoms with E-state index < -0.39 is 10.0 Å². The van der Waals surface area contributed by atoms with Crippen LogP contribution in [0.1, 0.15) is 5.56 Å². The quantitative estimate of drug-likeness (QED) is 0.621. The molecule has 30 heavy (non-hydrogen) atoms. The van der Waals surface area contributed by atoms with E-state index in [4.69, 9.17) is 34.8 Å². The van der Waals surface area contributed by atoms with Gasteiger partial charge >= 0.3 is 0 Å². The Bertz CT molecular complexity index is 987. The number of sulfonamides is 1. The molecule has 3 rings (SSSR count). The van der Waals surface area contributed by atoms with Crippen molar-refractivity contribution in [3.05, 3.63) is 63.1 Å². The molecule has 1 fully saturated rings. The Kier molecular flexibility index (Phi) is 7.66. The highest BCUT2D eigenvalue weighted by Crippen LogP contribution is 2.28. The number of nitrogens with zero attached hydrogens (tertiary/aromatic N) is 3. The van der Waals surface area contributed by atoms with Crippen molar-refractivity contribution in [2.45, 2.75) is 11.4 Å². The van der Waals surface area contributed by atoms with Gasteiger partial charge in [0, 0.05) is 53.4 Å². The summed E-state index contributed by atoms with van der Waals surface area (Å²) in [5, 5.41) is 1.10. The number of amides is 1. The highest BCUT2D eigenvalue weighted by Gasteiger charge is 2.30.